The molecule has 0 aliphatic carbocycles. The second kappa shape index (κ2) is 6.52. The van der Waals surface area contributed by atoms with Crippen molar-refractivity contribution in [1.29, 1.82) is 0 Å². The van der Waals surface area contributed by atoms with E-state index in [4.69, 9.17) is 4.74 Å². The fourth-order valence-corrected chi connectivity index (χ4v) is 2.52. The van der Waals surface area contributed by atoms with Crippen LogP contribution >= 0.6 is 11.3 Å². The molecule has 1 aromatic heterocycles. The molecule has 0 amide bonds. The van der Waals surface area contributed by atoms with Gasteiger partial charge >= 0.3 is 0 Å². The van der Waals surface area contributed by atoms with Crippen LogP contribution in [0.25, 0.3) is 11.3 Å². The number of benzene rings is 1. The Bertz CT molecular complexity index is 496. The van der Waals surface area contributed by atoms with Crippen molar-refractivity contribution in [1.82, 2.24) is 10.3 Å². The molecule has 0 radical (unpaired) electrons. The summed E-state index contributed by atoms with van der Waals surface area (Å²) in [6.07, 6.45) is 0.989. The minimum atomic E-state index is 0.870. The molecule has 0 aliphatic rings. The van der Waals surface area contributed by atoms with Gasteiger partial charge in [0.25, 0.3) is 0 Å². The van der Waals surface area contributed by atoms with E-state index >= 15 is 0 Å². The Balaban J connectivity index is 2.08. The van der Waals surface area contributed by atoms with E-state index < -0.39 is 0 Å². The van der Waals surface area contributed by atoms with Crippen molar-refractivity contribution in [3.05, 3.63) is 34.7 Å². The van der Waals surface area contributed by atoms with Crippen LogP contribution in [-0.4, -0.2) is 25.2 Å². The average molecular weight is 262 g/mol. The molecule has 0 bridgehead atoms. The number of hydrogen-bond donors (Lipinski definition) is 1. The molecule has 0 spiro atoms. The molecule has 0 saturated carbocycles. The highest BCUT2D eigenvalue weighted by Gasteiger charge is 2.05. The Kier molecular flexibility index (Phi) is 4.73. The predicted octanol–water partition coefficient (Wildman–Crippen LogP) is 2.97. The number of likely N-dealkylation sites (N-methyl/N-ethyl adjacent to an activating group) is 1. The van der Waals surface area contributed by atoms with Crippen molar-refractivity contribution in [2.45, 2.75) is 13.3 Å². The molecule has 0 atom stereocenters. The summed E-state index contributed by atoms with van der Waals surface area (Å²) >= 11 is 1.72. The molecule has 1 heterocycles. The minimum absolute atomic E-state index is 0.870. The number of methoxy groups -OCH3 is 1. The van der Waals surface area contributed by atoms with Gasteiger partial charge in [-0.15, -0.1) is 11.3 Å². The molecule has 0 aliphatic heterocycles. The second-order valence-corrected chi connectivity index (χ2v) is 4.90. The lowest BCUT2D eigenvalue weighted by molar-refractivity contribution is 0.415. The van der Waals surface area contributed by atoms with Crippen LogP contribution in [0.3, 0.4) is 0 Å². The van der Waals surface area contributed by atoms with Gasteiger partial charge in [0.1, 0.15) is 5.75 Å². The van der Waals surface area contributed by atoms with E-state index in [1.165, 1.54) is 5.01 Å². The summed E-state index contributed by atoms with van der Waals surface area (Å²) in [6, 6.07) is 8.02. The lowest BCUT2D eigenvalue weighted by Crippen LogP contribution is -2.15. The van der Waals surface area contributed by atoms with Gasteiger partial charge in [0.15, 0.2) is 0 Å². The zero-order chi connectivity index (χ0) is 12.8. The average Bonchev–Trinajstić information content (AvgIpc) is 2.88. The van der Waals surface area contributed by atoms with Crippen LogP contribution in [-0.2, 0) is 6.42 Å². The molecule has 1 aromatic carbocycles. The Labute approximate surface area is 112 Å². The quantitative estimate of drug-likeness (QED) is 0.813. The van der Waals surface area contributed by atoms with E-state index in [1.807, 2.05) is 18.2 Å². The monoisotopic (exact) mass is 262 g/mol. The number of nitrogens with one attached hydrogen (secondary N) is 1. The number of aromatic nitrogens is 1. The number of thiazole rings is 1. The molecular weight excluding hydrogens is 244 g/mol. The molecule has 96 valence electrons. The minimum Gasteiger partial charge on any atom is -0.497 e. The Morgan fingerprint density at radius 3 is 3.06 bits per heavy atom. The first-order valence-electron chi connectivity index (χ1n) is 6.13. The maximum atomic E-state index is 5.23. The maximum Gasteiger partial charge on any atom is 0.119 e. The first-order chi connectivity index (χ1) is 8.83. The van der Waals surface area contributed by atoms with Crippen molar-refractivity contribution in [2.75, 3.05) is 20.2 Å². The third-order valence-electron chi connectivity index (χ3n) is 2.68. The fourth-order valence-electron chi connectivity index (χ4n) is 1.71. The van der Waals surface area contributed by atoms with Crippen LogP contribution in [0.1, 0.15) is 11.9 Å². The Morgan fingerprint density at radius 1 is 1.39 bits per heavy atom. The van der Waals surface area contributed by atoms with Gasteiger partial charge in [-0.1, -0.05) is 19.1 Å². The van der Waals surface area contributed by atoms with Gasteiger partial charge in [-0.2, -0.15) is 0 Å². The molecule has 18 heavy (non-hydrogen) atoms. The Morgan fingerprint density at radius 2 is 2.28 bits per heavy atom. The van der Waals surface area contributed by atoms with Gasteiger partial charge in [-0.25, -0.2) is 4.98 Å². The van der Waals surface area contributed by atoms with Crippen molar-refractivity contribution in [3.8, 4) is 17.0 Å². The highest BCUT2D eigenvalue weighted by molar-refractivity contribution is 7.09. The van der Waals surface area contributed by atoms with E-state index in [9.17, 15) is 0 Å². The number of hydrogen-bond acceptors (Lipinski definition) is 4. The van der Waals surface area contributed by atoms with Crippen LogP contribution in [0.4, 0.5) is 0 Å². The molecule has 0 fully saturated rings. The molecule has 4 heteroatoms. The summed E-state index contributed by atoms with van der Waals surface area (Å²) in [5.74, 6) is 0.870. The lowest BCUT2D eigenvalue weighted by atomic mass is 10.2. The smallest absolute Gasteiger partial charge is 0.119 e. The molecular formula is C14H18N2OS. The van der Waals surface area contributed by atoms with Gasteiger partial charge in [-0.3, -0.25) is 0 Å². The summed E-state index contributed by atoms with van der Waals surface area (Å²) in [5.41, 5.74) is 2.14. The first kappa shape index (κ1) is 13.1. The molecule has 3 nitrogen and oxygen atoms in total. The lowest BCUT2D eigenvalue weighted by Gasteiger charge is -2.01. The number of rotatable bonds is 6. The van der Waals surface area contributed by atoms with E-state index in [2.05, 4.69) is 28.7 Å². The third kappa shape index (κ3) is 3.31. The fraction of sp³-hybridized carbons (Fsp3) is 0.357. The van der Waals surface area contributed by atoms with Crippen molar-refractivity contribution in [2.24, 2.45) is 0 Å². The largest absolute Gasteiger partial charge is 0.497 e. The first-order valence-corrected chi connectivity index (χ1v) is 7.01. The molecule has 2 rings (SSSR count). The van der Waals surface area contributed by atoms with E-state index in [1.54, 1.807) is 18.4 Å². The molecule has 2 aromatic rings. The van der Waals surface area contributed by atoms with Crippen LogP contribution in [0.2, 0.25) is 0 Å². The topological polar surface area (TPSA) is 34.2 Å². The number of ether oxygens (including phenoxy) is 1. The summed E-state index contributed by atoms with van der Waals surface area (Å²) in [5, 5.41) is 6.59. The standard InChI is InChI=1S/C14H18N2OS/c1-3-15-8-7-14-16-13(10-18-14)11-5-4-6-12(9-11)17-2/h4-6,9-10,15H,3,7-8H2,1-2H3. The van der Waals surface area contributed by atoms with Crippen molar-refractivity contribution < 1.29 is 4.74 Å². The van der Waals surface area contributed by atoms with Gasteiger partial charge in [-0.05, 0) is 18.7 Å². The summed E-state index contributed by atoms with van der Waals surface area (Å²) in [6.45, 7) is 4.11. The number of nitrogens with zero attached hydrogens (tertiary/aromatic N) is 1. The summed E-state index contributed by atoms with van der Waals surface area (Å²) in [7, 11) is 1.68. The maximum absolute atomic E-state index is 5.23. The van der Waals surface area contributed by atoms with Crippen LogP contribution in [0.15, 0.2) is 29.6 Å². The zero-order valence-electron chi connectivity index (χ0n) is 10.8. The van der Waals surface area contributed by atoms with Gasteiger partial charge in [0, 0.05) is 23.9 Å². The molecule has 0 saturated heterocycles. The third-order valence-corrected chi connectivity index (χ3v) is 3.59. The van der Waals surface area contributed by atoms with E-state index in [0.29, 0.717) is 0 Å². The van der Waals surface area contributed by atoms with E-state index in [-0.39, 0.29) is 0 Å². The summed E-state index contributed by atoms with van der Waals surface area (Å²) in [4.78, 5) is 4.65. The van der Waals surface area contributed by atoms with Gasteiger partial charge < -0.3 is 10.1 Å². The van der Waals surface area contributed by atoms with Crippen molar-refractivity contribution >= 4 is 11.3 Å². The normalized spacial score (nSPS) is 10.6. The molecule has 0 unspecified atom stereocenters. The zero-order valence-corrected chi connectivity index (χ0v) is 11.6. The van der Waals surface area contributed by atoms with Crippen LogP contribution < -0.4 is 10.1 Å². The van der Waals surface area contributed by atoms with Crippen molar-refractivity contribution in [3.63, 3.8) is 0 Å². The SMILES string of the molecule is CCNCCc1nc(-c2cccc(OC)c2)cs1. The Hall–Kier alpha value is -1.39. The predicted molar refractivity (Wildman–Crippen MR) is 76.3 cm³/mol. The van der Waals surface area contributed by atoms with Crippen LogP contribution in [0, 0.1) is 0 Å². The highest BCUT2D eigenvalue weighted by Crippen LogP contribution is 2.25. The second-order valence-electron chi connectivity index (χ2n) is 3.96. The highest BCUT2D eigenvalue weighted by atomic mass is 32.1. The summed E-state index contributed by atoms with van der Waals surface area (Å²) < 4.78 is 5.23. The van der Waals surface area contributed by atoms with E-state index in [0.717, 1.165) is 36.5 Å². The molecule has 1 N–H and O–H groups in total. The van der Waals surface area contributed by atoms with Crippen LogP contribution in [0.5, 0.6) is 5.75 Å². The van der Waals surface area contributed by atoms with Gasteiger partial charge in [0.05, 0.1) is 17.8 Å². The van der Waals surface area contributed by atoms with Gasteiger partial charge in [0.2, 0.25) is 0 Å².